The number of allylic oxidation sites excluding steroid dienone is 1. The zero-order valence-corrected chi connectivity index (χ0v) is 13.6. The first-order valence-electron chi connectivity index (χ1n) is 6.95. The number of hydrogen-bond donors (Lipinski definition) is 0. The van der Waals surface area contributed by atoms with Crippen LogP contribution in [0.1, 0.15) is 17.5 Å². The summed E-state index contributed by atoms with van der Waals surface area (Å²) in [7, 11) is 1.69. The summed E-state index contributed by atoms with van der Waals surface area (Å²) in [6, 6.07) is 18.6. The van der Waals surface area contributed by atoms with E-state index >= 15 is 0 Å². The number of benzene rings is 2. The molecule has 3 rings (SSSR count). The Balaban J connectivity index is 1.96. The summed E-state index contributed by atoms with van der Waals surface area (Å²) < 4.78 is 6.82. The number of methoxy groups -OCH3 is 1. The minimum atomic E-state index is 0.548. The van der Waals surface area contributed by atoms with E-state index in [1.165, 1.54) is 20.9 Å². The third-order valence-corrected chi connectivity index (χ3v) is 5.84. The SMILES string of the molecule is COc1ccccc1C#CC1=C(c2ccccc2)[Se]CC1. The Kier molecular flexibility index (Phi) is 4.46. The van der Waals surface area contributed by atoms with Crippen LogP contribution in [0.25, 0.3) is 4.47 Å². The van der Waals surface area contributed by atoms with E-state index in [0.717, 1.165) is 17.7 Å². The molecular formula is C19H16OSe. The second-order valence-corrected chi connectivity index (χ2v) is 7.04. The summed E-state index contributed by atoms with van der Waals surface area (Å²) in [6.07, 6.45) is 1.10. The van der Waals surface area contributed by atoms with Gasteiger partial charge in [0.1, 0.15) is 0 Å². The molecule has 2 aromatic carbocycles. The van der Waals surface area contributed by atoms with Gasteiger partial charge in [0.2, 0.25) is 0 Å². The molecule has 1 aliphatic heterocycles. The molecule has 0 fully saturated rings. The average molecular weight is 339 g/mol. The number of rotatable bonds is 2. The summed E-state index contributed by atoms with van der Waals surface area (Å²) in [6.45, 7) is 0. The van der Waals surface area contributed by atoms with Crippen molar-refractivity contribution in [1.29, 1.82) is 0 Å². The maximum atomic E-state index is 5.36. The third-order valence-electron chi connectivity index (χ3n) is 3.36. The van der Waals surface area contributed by atoms with Crippen molar-refractivity contribution in [3.05, 3.63) is 71.3 Å². The fourth-order valence-corrected chi connectivity index (χ4v) is 4.71. The van der Waals surface area contributed by atoms with Gasteiger partial charge in [-0.25, -0.2) is 0 Å². The standard InChI is InChI=1S/C19H16OSe/c1-20-18-10-6-5-7-15(18)11-12-17-13-14-21-19(17)16-8-3-2-4-9-16/h2-10H,13-14H2,1H3. The zero-order chi connectivity index (χ0) is 14.5. The molecule has 0 unspecified atom stereocenters. The van der Waals surface area contributed by atoms with Crippen molar-refractivity contribution in [2.24, 2.45) is 0 Å². The van der Waals surface area contributed by atoms with Crippen LogP contribution in [0.2, 0.25) is 5.32 Å². The third kappa shape index (κ3) is 3.22. The molecule has 0 saturated carbocycles. The van der Waals surface area contributed by atoms with Crippen LogP contribution >= 0.6 is 0 Å². The molecular weight excluding hydrogens is 323 g/mol. The molecule has 0 atom stereocenters. The molecule has 0 N–H and O–H groups in total. The van der Waals surface area contributed by atoms with Crippen molar-refractivity contribution >= 4 is 19.4 Å². The van der Waals surface area contributed by atoms with E-state index in [0.29, 0.717) is 15.0 Å². The van der Waals surface area contributed by atoms with Gasteiger partial charge >= 0.3 is 132 Å². The number of hydrogen-bond acceptors (Lipinski definition) is 1. The van der Waals surface area contributed by atoms with Crippen molar-refractivity contribution in [2.45, 2.75) is 11.7 Å². The van der Waals surface area contributed by atoms with E-state index in [4.69, 9.17) is 4.74 Å². The zero-order valence-electron chi connectivity index (χ0n) is 11.9. The second kappa shape index (κ2) is 6.68. The first-order valence-corrected chi connectivity index (χ1v) is 9.01. The summed E-state index contributed by atoms with van der Waals surface area (Å²) in [5.41, 5.74) is 3.59. The molecule has 2 heteroatoms. The summed E-state index contributed by atoms with van der Waals surface area (Å²) in [4.78, 5) is 0. The Bertz CT molecular complexity index is 720. The predicted octanol–water partition coefficient (Wildman–Crippen LogP) is 3.98. The van der Waals surface area contributed by atoms with E-state index in [1.54, 1.807) is 7.11 Å². The minimum absolute atomic E-state index is 0.548. The topological polar surface area (TPSA) is 9.23 Å². The summed E-state index contributed by atoms with van der Waals surface area (Å²) in [5.74, 6) is 7.51. The van der Waals surface area contributed by atoms with Crippen molar-refractivity contribution < 1.29 is 4.74 Å². The van der Waals surface area contributed by atoms with E-state index in [1.807, 2.05) is 24.3 Å². The molecule has 0 aromatic heterocycles. The second-order valence-electron chi connectivity index (χ2n) is 4.72. The van der Waals surface area contributed by atoms with Crippen molar-refractivity contribution in [2.75, 3.05) is 7.11 Å². The molecule has 104 valence electrons. The molecule has 0 saturated heterocycles. The molecule has 0 radical (unpaired) electrons. The van der Waals surface area contributed by atoms with Gasteiger partial charge in [0.15, 0.2) is 0 Å². The van der Waals surface area contributed by atoms with Gasteiger partial charge in [-0.2, -0.15) is 0 Å². The Morgan fingerprint density at radius 3 is 2.52 bits per heavy atom. The van der Waals surface area contributed by atoms with Gasteiger partial charge in [-0.05, 0) is 0 Å². The van der Waals surface area contributed by atoms with Crippen molar-refractivity contribution in [1.82, 2.24) is 0 Å². The Labute approximate surface area is 132 Å². The van der Waals surface area contributed by atoms with Gasteiger partial charge in [0.25, 0.3) is 0 Å². The molecule has 2 aromatic rings. The van der Waals surface area contributed by atoms with Crippen LogP contribution in [-0.4, -0.2) is 22.1 Å². The molecule has 0 aliphatic carbocycles. The average Bonchev–Trinajstić information content (AvgIpc) is 3.02. The van der Waals surface area contributed by atoms with E-state index in [-0.39, 0.29) is 0 Å². The maximum absolute atomic E-state index is 5.36. The van der Waals surface area contributed by atoms with Gasteiger partial charge in [0, 0.05) is 0 Å². The molecule has 21 heavy (non-hydrogen) atoms. The van der Waals surface area contributed by atoms with Crippen LogP contribution in [0.3, 0.4) is 0 Å². The fraction of sp³-hybridized carbons (Fsp3) is 0.158. The normalized spacial score (nSPS) is 13.8. The van der Waals surface area contributed by atoms with Crippen molar-refractivity contribution in [3.63, 3.8) is 0 Å². The Morgan fingerprint density at radius 1 is 0.952 bits per heavy atom. The monoisotopic (exact) mass is 340 g/mol. The molecule has 0 amide bonds. The first kappa shape index (κ1) is 14.0. The molecule has 1 aliphatic rings. The van der Waals surface area contributed by atoms with Gasteiger partial charge in [-0.15, -0.1) is 0 Å². The van der Waals surface area contributed by atoms with Gasteiger partial charge in [-0.3, -0.25) is 0 Å². The molecule has 1 heterocycles. The van der Waals surface area contributed by atoms with Crippen LogP contribution in [-0.2, 0) is 0 Å². The van der Waals surface area contributed by atoms with E-state index < -0.39 is 0 Å². The van der Waals surface area contributed by atoms with Crippen molar-refractivity contribution in [3.8, 4) is 17.6 Å². The Hall–Kier alpha value is -1.94. The number of para-hydroxylation sites is 1. The molecule has 1 nitrogen and oxygen atoms in total. The Morgan fingerprint density at radius 2 is 1.71 bits per heavy atom. The first-order chi connectivity index (χ1) is 10.4. The molecule has 0 spiro atoms. The van der Waals surface area contributed by atoms with Crippen LogP contribution in [0.5, 0.6) is 5.75 Å². The van der Waals surface area contributed by atoms with E-state index in [2.05, 4.69) is 42.2 Å². The number of ether oxygens (including phenoxy) is 1. The molecule has 0 bridgehead atoms. The summed E-state index contributed by atoms with van der Waals surface area (Å²) in [5, 5.41) is 1.26. The van der Waals surface area contributed by atoms with E-state index in [9.17, 15) is 0 Å². The summed E-state index contributed by atoms with van der Waals surface area (Å²) >= 11 is 0.548. The van der Waals surface area contributed by atoms with Crippen LogP contribution in [0, 0.1) is 11.8 Å². The quantitative estimate of drug-likeness (QED) is 0.594. The van der Waals surface area contributed by atoms with Crippen LogP contribution in [0.15, 0.2) is 60.2 Å². The predicted molar refractivity (Wildman–Crippen MR) is 88.4 cm³/mol. The van der Waals surface area contributed by atoms with Gasteiger partial charge < -0.3 is 0 Å². The van der Waals surface area contributed by atoms with Crippen LogP contribution < -0.4 is 4.74 Å². The fourth-order valence-electron chi connectivity index (χ4n) is 2.31. The van der Waals surface area contributed by atoms with Gasteiger partial charge in [-0.1, -0.05) is 0 Å². The van der Waals surface area contributed by atoms with Gasteiger partial charge in [0.05, 0.1) is 0 Å². The van der Waals surface area contributed by atoms with Crippen LogP contribution in [0.4, 0.5) is 0 Å².